The number of carbonyl (C=O) groups excluding carboxylic acids is 1. The molecule has 2 aromatic rings. The minimum absolute atomic E-state index is 0.182. The molecule has 0 spiro atoms. The molecule has 0 atom stereocenters. The zero-order chi connectivity index (χ0) is 14.3. The molecule has 0 saturated carbocycles. The van der Waals surface area contributed by atoms with Crippen LogP contribution < -0.4 is 5.32 Å². The number of nitrogens with one attached hydrogen (secondary N) is 1. The van der Waals surface area contributed by atoms with Gasteiger partial charge >= 0.3 is 0 Å². The molecular weight excluding hydrogens is 317 g/mol. The lowest BCUT2D eigenvalue weighted by Gasteiger charge is -2.03. The Hall–Kier alpha value is -1.48. The predicted octanol–water partition coefficient (Wildman–Crippen LogP) is 5.14. The van der Waals surface area contributed by atoms with Gasteiger partial charge in [0.25, 0.3) is 5.91 Å². The van der Waals surface area contributed by atoms with Crippen LogP contribution >= 0.6 is 34.8 Å². The molecule has 0 aromatic heterocycles. The maximum atomic E-state index is 12.0. The highest BCUT2D eigenvalue weighted by atomic mass is 35.5. The van der Waals surface area contributed by atoms with Gasteiger partial charge in [0.1, 0.15) is 0 Å². The lowest BCUT2D eigenvalue weighted by Crippen LogP contribution is -2.03. The van der Waals surface area contributed by atoms with Gasteiger partial charge in [0, 0.05) is 21.8 Å². The Balaban J connectivity index is 2.15. The Bertz CT molecular complexity index is 753. The Kier molecular flexibility index (Phi) is 3.47. The van der Waals surface area contributed by atoms with Gasteiger partial charge in [-0.3, -0.25) is 4.79 Å². The second-order valence-electron chi connectivity index (χ2n) is 4.35. The number of fused-ring (bicyclic) bond motifs is 1. The van der Waals surface area contributed by atoms with Crippen molar-refractivity contribution in [1.82, 2.24) is 0 Å². The fourth-order valence-corrected chi connectivity index (χ4v) is 2.63. The van der Waals surface area contributed by atoms with Crippen molar-refractivity contribution in [3.8, 4) is 0 Å². The minimum atomic E-state index is -0.182. The van der Waals surface area contributed by atoms with Gasteiger partial charge in [0.15, 0.2) is 0 Å². The highest BCUT2D eigenvalue weighted by Crippen LogP contribution is 2.36. The van der Waals surface area contributed by atoms with E-state index in [1.807, 2.05) is 0 Å². The van der Waals surface area contributed by atoms with Crippen molar-refractivity contribution in [3.63, 3.8) is 0 Å². The summed E-state index contributed by atoms with van der Waals surface area (Å²) in [5.41, 5.74) is 2.71. The number of halogens is 3. The van der Waals surface area contributed by atoms with Gasteiger partial charge in [-0.15, -0.1) is 0 Å². The van der Waals surface area contributed by atoms with Crippen LogP contribution in [0, 0.1) is 0 Å². The predicted molar refractivity (Wildman–Crippen MR) is 84.4 cm³/mol. The molecule has 0 aliphatic carbocycles. The lowest BCUT2D eigenvalue weighted by molar-refractivity contribution is -0.110. The molecule has 1 heterocycles. The molecule has 100 valence electrons. The van der Waals surface area contributed by atoms with Crippen LogP contribution in [0.2, 0.25) is 15.1 Å². The third kappa shape index (κ3) is 2.31. The normalized spacial score (nSPS) is 15.3. The quantitative estimate of drug-likeness (QED) is 0.723. The van der Waals surface area contributed by atoms with Gasteiger partial charge in [-0.1, -0.05) is 46.9 Å². The summed E-state index contributed by atoms with van der Waals surface area (Å²) in [5, 5.41) is 4.23. The largest absolute Gasteiger partial charge is 0.321 e. The van der Waals surface area contributed by atoms with Crippen LogP contribution in [-0.2, 0) is 4.79 Å². The van der Waals surface area contributed by atoms with Crippen LogP contribution in [0.3, 0.4) is 0 Å². The van der Waals surface area contributed by atoms with Crippen LogP contribution in [-0.4, -0.2) is 5.91 Å². The van der Waals surface area contributed by atoms with E-state index in [1.54, 1.807) is 42.5 Å². The Morgan fingerprint density at radius 1 is 1.05 bits per heavy atom. The van der Waals surface area contributed by atoms with E-state index in [9.17, 15) is 4.79 Å². The number of amides is 1. The van der Waals surface area contributed by atoms with Crippen LogP contribution in [0.4, 0.5) is 5.69 Å². The number of rotatable bonds is 1. The van der Waals surface area contributed by atoms with E-state index in [0.29, 0.717) is 26.2 Å². The summed E-state index contributed by atoms with van der Waals surface area (Å²) in [6, 6.07) is 10.5. The van der Waals surface area contributed by atoms with Crippen molar-refractivity contribution in [2.24, 2.45) is 0 Å². The summed E-state index contributed by atoms with van der Waals surface area (Å²) in [6.45, 7) is 0. The molecule has 2 nitrogen and oxygen atoms in total. The summed E-state index contributed by atoms with van der Waals surface area (Å²) >= 11 is 18.1. The van der Waals surface area contributed by atoms with Gasteiger partial charge in [-0.25, -0.2) is 0 Å². The number of hydrogen-bond donors (Lipinski definition) is 1. The monoisotopic (exact) mass is 323 g/mol. The second-order valence-corrected chi connectivity index (χ2v) is 5.57. The standard InChI is InChI=1S/C15H8Cl3NO/c16-9-4-5-13-10(7-9)11(15(20)19-13)6-8-2-1-3-12(17)14(8)18/h1-7H,(H,19,20)/b11-6+. The molecule has 1 aliphatic rings. The first-order valence-electron chi connectivity index (χ1n) is 5.83. The lowest BCUT2D eigenvalue weighted by atomic mass is 10.0. The van der Waals surface area contributed by atoms with E-state index >= 15 is 0 Å². The molecular formula is C15H8Cl3NO. The Morgan fingerprint density at radius 2 is 1.85 bits per heavy atom. The first kappa shape index (κ1) is 13.5. The van der Waals surface area contributed by atoms with Gasteiger partial charge in [0.05, 0.1) is 10.0 Å². The zero-order valence-corrected chi connectivity index (χ0v) is 12.4. The first-order chi connectivity index (χ1) is 9.56. The van der Waals surface area contributed by atoms with E-state index in [0.717, 1.165) is 11.3 Å². The molecule has 1 N–H and O–H groups in total. The zero-order valence-electron chi connectivity index (χ0n) is 10.1. The number of hydrogen-bond acceptors (Lipinski definition) is 1. The van der Waals surface area contributed by atoms with Crippen molar-refractivity contribution in [3.05, 3.63) is 62.6 Å². The van der Waals surface area contributed by atoms with Gasteiger partial charge in [-0.2, -0.15) is 0 Å². The van der Waals surface area contributed by atoms with Gasteiger partial charge in [0.2, 0.25) is 0 Å². The summed E-state index contributed by atoms with van der Waals surface area (Å²) in [5.74, 6) is -0.182. The Labute approximate surface area is 131 Å². The average molecular weight is 325 g/mol. The number of anilines is 1. The number of benzene rings is 2. The average Bonchev–Trinajstić information content (AvgIpc) is 2.71. The maximum Gasteiger partial charge on any atom is 0.256 e. The summed E-state index contributed by atoms with van der Waals surface area (Å²) in [4.78, 5) is 12.0. The summed E-state index contributed by atoms with van der Waals surface area (Å²) in [7, 11) is 0. The van der Waals surface area contributed by atoms with E-state index in [2.05, 4.69) is 5.32 Å². The fourth-order valence-electron chi connectivity index (χ4n) is 2.09. The van der Waals surface area contributed by atoms with Crippen molar-refractivity contribution < 1.29 is 4.79 Å². The van der Waals surface area contributed by atoms with Gasteiger partial charge in [-0.05, 0) is 35.9 Å². The summed E-state index contributed by atoms with van der Waals surface area (Å²) in [6.07, 6.45) is 1.71. The van der Waals surface area contributed by atoms with Crippen molar-refractivity contribution in [2.75, 3.05) is 5.32 Å². The van der Waals surface area contributed by atoms with E-state index in [4.69, 9.17) is 34.8 Å². The van der Waals surface area contributed by atoms with Crippen molar-refractivity contribution in [1.29, 1.82) is 0 Å². The van der Waals surface area contributed by atoms with Crippen LogP contribution in [0.5, 0.6) is 0 Å². The van der Waals surface area contributed by atoms with Crippen LogP contribution in [0.1, 0.15) is 11.1 Å². The van der Waals surface area contributed by atoms with E-state index in [-0.39, 0.29) is 5.91 Å². The van der Waals surface area contributed by atoms with Crippen LogP contribution in [0.25, 0.3) is 11.6 Å². The molecule has 2 aromatic carbocycles. The highest BCUT2D eigenvalue weighted by molar-refractivity contribution is 6.43. The molecule has 0 fully saturated rings. The minimum Gasteiger partial charge on any atom is -0.321 e. The SMILES string of the molecule is O=C1Nc2ccc(Cl)cc2/C1=C\c1cccc(Cl)c1Cl. The van der Waals surface area contributed by atoms with E-state index < -0.39 is 0 Å². The molecule has 0 unspecified atom stereocenters. The molecule has 0 radical (unpaired) electrons. The smallest absolute Gasteiger partial charge is 0.256 e. The van der Waals surface area contributed by atoms with Crippen molar-refractivity contribution >= 4 is 58.0 Å². The molecule has 0 saturated heterocycles. The molecule has 0 bridgehead atoms. The van der Waals surface area contributed by atoms with E-state index in [1.165, 1.54) is 0 Å². The third-order valence-corrected chi connectivity index (χ3v) is 4.11. The highest BCUT2D eigenvalue weighted by Gasteiger charge is 2.24. The summed E-state index contributed by atoms with van der Waals surface area (Å²) < 4.78 is 0. The fraction of sp³-hybridized carbons (Fsp3) is 0. The first-order valence-corrected chi connectivity index (χ1v) is 6.96. The molecule has 5 heteroatoms. The molecule has 1 amide bonds. The number of carbonyl (C=O) groups is 1. The third-order valence-electron chi connectivity index (χ3n) is 3.05. The van der Waals surface area contributed by atoms with Crippen molar-refractivity contribution in [2.45, 2.75) is 0 Å². The van der Waals surface area contributed by atoms with Crippen LogP contribution in [0.15, 0.2) is 36.4 Å². The Morgan fingerprint density at radius 3 is 2.65 bits per heavy atom. The molecule has 1 aliphatic heterocycles. The molecule has 3 rings (SSSR count). The maximum absolute atomic E-state index is 12.0. The van der Waals surface area contributed by atoms with Gasteiger partial charge < -0.3 is 5.32 Å². The molecule has 20 heavy (non-hydrogen) atoms. The second kappa shape index (κ2) is 5.13. The topological polar surface area (TPSA) is 29.1 Å².